The third kappa shape index (κ3) is 3.24. The molecule has 0 fully saturated rings. The molecule has 3 aromatic rings. The number of carbonyl (C=O) groups is 2. The Bertz CT molecular complexity index is 1260. The van der Waals surface area contributed by atoms with Crippen LogP contribution in [0.25, 0.3) is 16.5 Å². The summed E-state index contributed by atoms with van der Waals surface area (Å²) in [7, 11) is 1.53. The van der Waals surface area contributed by atoms with E-state index in [2.05, 4.69) is 16.4 Å². The highest BCUT2D eigenvalue weighted by Crippen LogP contribution is 2.48. The molecule has 31 heavy (non-hydrogen) atoms. The van der Waals surface area contributed by atoms with E-state index in [-0.39, 0.29) is 11.8 Å². The number of allylic oxidation sites excluding steroid dienone is 1. The highest BCUT2D eigenvalue weighted by molar-refractivity contribution is 6.12. The molecule has 0 saturated carbocycles. The first-order valence-corrected chi connectivity index (χ1v) is 10.3. The van der Waals surface area contributed by atoms with Crippen LogP contribution in [0.2, 0.25) is 0 Å². The average Bonchev–Trinajstić information content (AvgIpc) is 2.78. The van der Waals surface area contributed by atoms with Crippen molar-refractivity contribution >= 4 is 33.9 Å². The first-order chi connectivity index (χ1) is 15.1. The zero-order valence-electron chi connectivity index (χ0n) is 17.4. The van der Waals surface area contributed by atoms with Gasteiger partial charge in [-0.2, -0.15) is 0 Å². The highest BCUT2D eigenvalue weighted by Gasteiger charge is 2.35. The molecule has 0 radical (unpaired) electrons. The van der Waals surface area contributed by atoms with Crippen molar-refractivity contribution in [3.63, 3.8) is 0 Å². The van der Waals surface area contributed by atoms with Gasteiger partial charge in [-0.1, -0.05) is 12.1 Å². The Kier molecular flexibility index (Phi) is 4.70. The normalized spacial score (nSPS) is 17.6. The fourth-order valence-corrected chi connectivity index (χ4v) is 4.64. The Labute approximate surface area is 179 Å². The van der Waals surface area contributed by atoms with Gasteiger partial charge < -0.3 is 14.8 Å². The van der Waals surface area contributed by atoms with E-state index in [0.717, 1.165) is 51.7 Å². The van der Waals surface area contributed by atoms with E-state index in [9.17, 15) is 9.59 Å². The Morgan fingerprint density at radius 1 is 1.13 bits per heavy atom. The number of fused-ring (bicyclic) bond motifs is 4. The Hall–Kier alpha value is -3.67. The third-order valence-electron chi connectivity index (χ3n) is 5.91. The molecule has 6 nitrogen and oxygen atoms in total. The predicted octanol–water partition coefficient (Wildman–Crippen LogP) is 4.84. The van der Waals surface area contributed by atoms with Crippen LogP contribution in [-0.4, -0.2) is 23.8 Å². The largest absolute Gasteiger partial charge is 0.493 e. The van der Waals surface area contributed by atoms with Crippen LogP contribution < -0.4 is 14.8 Å². The second-order valence-electron chi connectivity index (χ2n) is 7.81. The number of ether oxygens (including phenoxy) is 2. The van der Waals surface area contributed by atoms with E-state index < -0.39 is 5.97 Å². The maximum absolute atomic E-state index is 13.1. The van der Waals surface area contributed by atoms with Gasteiger partial charge in [-0.15, -0.1) is 0 Å². The lowest BCUT2D eigenvalue weighted by molar-refractivity contribution is -0.132. The summed E-state index contributed by atoms with van der Waals surface area (Å²) in [4.78, 5) is 29.0. The minimum absolute atomic E-state index is 0.160. The molecule has 0 unspecified atom stereocenters. The minimum Gasteiger partial charge on any atom is -0.493 e. The summed E-state index contributed by atoms with van der Waals surface area (Å²) in [6.07, 6.45) is 4.02. The molecule has 2 aliphatic rings. The van der Waals surface area contributed by atoms with Gasteiger partial charge in [0.05, 0.1) is 18.7 Å². The van der Waals surface area contributed by atoms with Crippen LogP contribution in [0.1, 0.15) is 43.4 Å². The maximum Gasteiger partial charge on any atom is 0.308 e. The molecule has 5 rings (SSSR count). The van der Waals surface area contributed by atoms with Crippen molar-refractivity contribution in [2.24, 2.45) is 0 Å². The number of carbonyl (C=O) groups excluding carboxylic acids is 2. The number of benzene rings is 2. The minimum atomic E-state index is -0.413. The van der Waals surface area contributed by atoms with Crippen molar-refractivity contribution < 1.29 is 19.1 Å². The van der Waals surface area contributed by atoms with E-state index in [1.165, 1.54) is 14.0 Å². The van der Waals surface area contributed by atoms with Gasteiger partial charge in [0.25, 0.3) is 0 Å². The zero-order chi connectivity index (χ0) is 21.5. The van der Waals surface area contributed by atoms with Crippen molar-refractivity contribution in [1.82, 2.24) is 4.98 Å². The number of nitrogens with one attached hydrogen (secondary N) is 1. The fourth-order valence-electron chi connectivity index (χ4n) is 4.64. The second kappa shape index (κ2) is 7.54. The molecule has 6 heteroatoms. The van der Waals surface area contributed by atoms with E-state index in [1.807, 2.05) is 30.3 Å². The average molecular weight is 414 g/mol. The standard InChI is InChI=1S/C25H22N2O4/c1-14(28)31-21-11-8-15(13-22(21)30-2)25-24-17(5-3-7-20(24)29)23-16-6-4-12-26-18(16)9-10-19(23)27-25/h4,6,8-13,25,27H,3,5,7H2,1-2H3/t25-/m1/s1. The molecule has 2 aromatic carbocycles. The lowest BCUT2D eigenvalue weighted by atomic mass is 9.77. The Balaban J connectivity index is 1.68. The van der Waals surface area contributed by atoms with Gasteiger partial charge in [-0.25, -0.2) is 0 Å². The third-order valence-corrected chi connectivity index (χ3v) is 5.91. The second-order valence-corrected chi connectivity index (χ2v) is 7.81. The molecule has 0 amide bonds. The number of methoxy groups -OCH3 is 1. The van der Waals surface area contributed by atoms with Crippen LogP contribution >= 0.6 is 0 Å². The SMILES string of the molecule is COc1cc([C@H]2Nc3ccc4ncccc4c3C3=C2C(=O)CCC3)ccc1OC(C)=O. The summed E-state index contributed by atoms with van der Waals surface area (Å²) >= 11 is 0. The summed E-state index contributed by atoms with van der Waals surface area (Å²) < 4.78 is 10.7. The first-order valence-electron chi connectivity index (χ1n) is 10.3. The number of nitrogens with zero attached hydrogens (tertiary/aromatic N) is 1. The monoisotopic (exact) mass is 414 g/mol. The zero-order valence-corrected chi connectivity index (χ0v) is 17.4. The topological polar surface area (TPSA) is 77.5 Å². The van der Waals surface area contributed by atoms with Crippen LogP contribution in [0.3, 0.4) is 0 Å². The van der Waals surface area contributed by atoms with Gasteiger partial charge in [0.15, 0.2) is 17.3 Å². The molecule has 0 spiro atoms. The van der Waals surface area contributed by atoms with Gasteiger partial charge in [-0.05, 0) is 54.3 Å². The maximum atomic E-state index is 13.1. The van der Waals surface area contributed by atoms with Crippen LogP contribution in [-0.2, 0) is 9.59 Å². The van der Waals surface area contributed by atoms with Crippen molar-refractivity contribution in [2.75, 3.05) is 12.4 Å². The van der Waals surface area contributed by atoms with Crippen LogP contribution in [0, 0.1) is 0 Å². The van der Waals surface area contributed by atoms with Gasteiger partial charge >= 0.3 is 5.97 Å². The van der Waals surface area contributed by atoms with Gasteiger partial charge in [0.1, 0.15) is 0 Å². The Morgan fingerprint density at radius 3 is 2.81 bits per heavy atom. The number of anilines is 1. The van der Waals surface area contributed by atoms with E-state index in [0.29, 0.717) is 17.9 Å². The quantitative estimate of drug-likeness (QED) is 0.488. The number of aromatic nitrogens is 1. The number of hydrogen-bond donors (Lipinski definition) is 1. The fraction of sp³-hybridized carbons (Fsp3) is 0.240. The van der Waals surface area contributed by atoms with Crippen LogP contribution in [0.4, 0.5) is 5.69 Å². The van der Waals surface area contributed by atoms with Crippen LogP contribution in [0.15, 0.2) is 54.2 Å². The van der Waals surface area contributed by atoms with Crippen molar-refractivity contribution in [3.8, 4) is 11.5 Å². The number of rotatable bonds is 3. The number of hydrogen-bond acceptors (Lipinski definition) is 6. The summed E-state index contributed by atoms with van der Waals surface area (Å²) in [6.45, 7) is 1.35. The molecule has 1 aromatic heterocycles. The van der Waals surface area contributed by atoms with Crippen molar-refractivity contribution in [3.05, 3.63) is 65.4 Å². The van der Waals surface area contributed by atoms with Crippen molar-refractivity contribution in [2.45, 2.75) is 32.2 Å². The summed E-state index contributed by atoms with van der Waals surface area (Å²) in [6, 6.07) is 13.1. The molecule has 1 aliphatic heterocycles. The smallest absolute Gasteiger partial charge is 0.308 e. The van der Waals surface area contributed by atoms with E-state index >= 15 is 0 Å². The van der Waals surface area contributed by atoms with Crippen molar-refractivity contribution in [1.29, 1.82) is 0 Å². The number of ketones is 1. The molecular formula is C25H22N2O4. The Morgan fingerprint density at radius 2 is 2.00 bits per heavy atom. The summed E-state index contributed by atoms with van der Waals surface area (Å²) in [5, 5.41) is 4.63. The molecular weight excluding hydrogens is 392 g/mol. The molecule has 2 heterocycles. The summed E-state index contributed by atoms with van der Waals surface area (Å²) in [5.74, 6) is 0.557. The molecule has 0 saturated heterocycles. The molecule has 156 valence electrons. The van der Waals surface area contributed by atoms with Crippen LogP contribution in [0.5, 0.6) is 11.5 Å². The lowest BCUT2D eigenvalue weighted by Gasteiger charge is -2.35. The lowest BCUT2D eigenvalue weighted by Crippen LogP contribution is -2.27. The first kappa shape index (κ1) is 19.3. The molecule has 0 bridgehead atoms. The number of Topliss-reactive ketones (excluding diaryl/α,β-unsaturated/α-hetero) is 1. The molecule has 1 atom stereocenters. The van der Waals surface area contributed by atoms with Gasteiger partial charge in [-0.3, -0.25) is 14.6 Å². The van der Waals surface area contributed by atoms with E-state index in [1.54, 1.807) is 12.3 Å². The summed E-state index contributed by atoms with van der Waals surface area (Å²) in [5.41, 5.74) is 5.76. The number of esters is 1. The predicted molar refractivity (Wildman–Crippen MR) is 118 cm³/mol. The highest BCUT2D eigenvalue weighted by atomic mass is 16.6. The van der Waals surface area contributed by atoms with Gasteiger partial charge in [0, 0.05) is 41.8 Å². The number of pyridine rings is 1. The van der Waals surface area contributed by atoms with E-state index in [4.69, 9.17) is 9.47 Å². The molecule has 1 N–H and O–H groups in total. The molecule has 1 aliphatic carbocycles. The van der Waals surface area contributed by atoms with Gasteiger partial charge in [0.2, 0.25) is 0 Å².